The molecular weight excluding hydrogens is 636 g/mol. The van der Waals surface area contributed by atoms with Crippen LogP contribution in [0.3, 0.4) is 0 Å². The minimum atomic E-state index is -1.48. The molecule has 16 nitrogen and oxygen atoms in total. The lowest BCUT2D eigenvalue weighted by Gasteiger charge is -2.38. The summed E-state index contributed by atoms with van der Waals surface area (Å²) in [4.78, 5) is 51.2. The van der Waals surface area contributed by atoms with E-state index in [2.05, 4.69) is 5.32 Å². The highest BCUT2D eigenvalue weighted by atomic mass is 16.7. The molecule has 2 aliphatic heterocycles. The monoisotopic (exact) mass is 692 g/mol. The maximum atomic E-state index is 12.8. The topological polar surface area (TPSA) is 242 Å². The molecule has 2 fully saturated rings. The molecule has 48 heavy (non-hydrogen) atoms. The van der Waals surface area contributed by atoms with Gasteiger partial charge < -0.3 is 54.9 Å². The van der Waals surface area contributed by atoms with Gasteiger partial charge in [0.25, 0.3) is 0 Å². The summed E-state index contributed by atoms with van der Waals surface area (Å²) in [6.07, 6.45) is -7.67. The van der Waals surface area contributed by atoms with Crippen molar-refractivity contribution in [2.45, 2.75) is 140 Å². The Kier molecular flexibility index (Phi) is 19.3. The summed E-state index contributed by atoms with van der Waals surface area (Å²) in [5, 5.41) is 62.2. The number of ketones is 3. The zero-order chi connectivity index (χ0) is 35.8. The number of rotatable bonds is 23. The number of ether oxygens (including phenoxy) is 4. The van der Waals surface area contributed by atoms with E-state index in [0.717, 1.165) is 19.3 Å². The highest BCUT2D eigenvalue weighted by Crippen LogP contribution is 2.23. The average Bonchev–Trinajstić information content (AvgIpc) is 3.05. The predicted octanol–water partition coefficient (Wildman–Crippen LogP) is -1.67. The van der Waals surface area contributed by atoms with E-state index < -0.39 is 67.3 Å². The van der Waals surface area contributed by atoms with Crippen molar-refractivity contribution in [3.8, 4) is 0 Å². The lowest BCUT2D eigenvalue weighted by atomic mass is 10.0. The van der Waals surface area contributed by atoms with Crippen molar-refractivity contribution >= 4 is 23.3 Å². The van der Waals surface area contributed by atoms with E-state index in [9.17, 15) is 49.8 Å². The summed E-state index contributed by atoms with van der Waals surface area (Å²) in [5.41, 5.74) is 0. The van der Waals surface area contributed by atoms with Gasteiger partial charge in [0.15, 0.2) is 12.6 Å². The molecular formula is C32H56N2O14. The summed E-state index contributed by atoms with van der Waals surface area (Å²) >= 11 is 0. The van der Waals surface area contributed by atoms with Gasteiger partial charge in [-0.2, -0.15) is 0 Å². The Morgan fingerprint density at radius 3 is 1.56 bits per heavy atom. The van der Waals surface area contributed by atoms with Gasteiger partial charge in [0.05, 0.1) is 45.1 Å². The Hall–Kier alpha value is -1.96. The molecule has 0 aromatic rings. The molecule has 0 unspecified atom stereocenters. The van der Waals surface area contributed by atoms with Gasteiger partial charge in [0, 0.05) is 32.2 Å². The van der Waals surface area contributed by atoms with Crippen LogP contribution in [-0.2, 0) is 38.1 Å². The van der Waals surface area contributed by atoms with Crippen LogP contribution >= 0.6 is 0 Å². The van der Waals surface area contributed by atoms with E-state index in [1.165, 1.54) is 18.7 Å². The maximum absolute atomic E-state index is 12.8. The summed E-state index contributed by atoms with van der Waals surface area (Å²) in [5.74, 6) is -0.654. The van der Waals surface area contributed by atoms with Crippen LogP contribution in [0.4, 0.5) is 0 Å². The van der Waals surface area contributed by atoms with Gasteiger partial charge in [0.1, 0.15) is 54.0 Å². The van der Waals surface area contributed by atoms with E-state index in [-0.39, 0.29) is 76.0 Å². The van der Waals surface area contributed by atoms with Crippen molar-refractivity contribution in [1.29, 1.82) is 0 Å². The van der Waals surface area contributed by atoms with Crippen LogP contribution in [0, 0.1) is 0 Å². The Balaban J connectivity index is 1.81. The second-order valence-corrected chi connectivity index (χ2v) is 12.6. The molecule has 2 rings (SSSR count). The van der Waals surface area contributed by atoms with E-state index in [1.807, 2.05) is 6.92 Å². The summed E-state index contributed by atoms with van der Waals surface area (Å²) < 4.78 is 21.6. The molecule has 10 atom stereocenters. The summed E-state index contributed by atoms with van der Waals surface area (Å²) in [6.45, 7) is 4.25. The van der Waals surface area contributed by atoms with Crippen molar-refractivity contribution in [2.24, 2.45) is 0 Å². The first-order chi connectivity index (χ1) is 22.7. The van der Waals surface area contributed by atoms with Gasteiger partial charge in [-0.15, -0.1) is 0 Å². The number of nitrogens with one attached hydrogen (secondary N) is 1. The predicted molar refractivity (Wildman–Crippen MR) is 168 cm³/mol. The molecule has 2 aliphatic rings. The van der Waals surface area contributed by atoms with Gasteiger partial charge in [-0.25, -0.2) is 0 Å². The zero-order valence-corrected chi connectivity index (χ0v) is 28.3. The Morgan fingerprint density at radius 2 is 1.06 bits per heavy atom. The number of amides is 1. The molecule has 278 valence electrons. The summed E-state index contributed by atoms with van der Waals surface area (Å²) in [7, 11) is 0. The first-order valence-electron chi connectivity index (χ1n) is 16.9. The van der Waals surface area contributed by atoms with Gasteiger partial charge in [-0.05, 0) is 33.1 Å². The van der Waals surface area contributed by atoms with Crippen LogP contribution in [0.25, 0.3) is 0 Å². The number of Topliss-reactive ketones (excluding diaryl/α,β-unsaturated/α-hetero) is 3. The fraction of sp³-hybridized carbons (Fsp3) is 0.875. The highest BCUT2D eigenvalue weighted by Gasteiger charge is 2.43. The van der Waals surface area contributed by atoms with Crippen LogP contribution in [-0.4, -0.2) is 160 Å². The lowest BCUT2D eigenvalue weighted by molar-refractivity contribution is -0.293. The number of hydrogen-bond donors (Lipinski definition) is 7. The van der Waals surface area contributed by atoms with Crippen molar-refractivity contribution < 1.29 is 68.8 Å². The van der Waals surface area contributed by atoms with Gasteiger partial charge in [-0.3, -0.25) is 24.1 Å². The normalized spacial score (nSPS) is 30.7. The Morgan fingerprint density at radius 1 is 0.604 bits per heavy atom. The molecule has 0 radical (unpaired) electrons. The molecule has 16 heteroatoms. The molecule has 1 amide bonds. The molecule has 0 bridgehead atoms. The summed E-state index contributed by atoms with van der Waals surface area (Å²) in [6, 6.07) is 0. The number of aliphatic hydroxyl groups is 6. The fourth-order valence-electron chi connectivity index (χ4n) is 5.39. The smallest absolute Gasteiger partial charge is 0.234 e. The molecule has 0 aliphatic carbocycles. The molecule has 0 saturated carbocycles. The second kappa shape index (κ2) is 22.0. The number of hydrogen-bond acceptors (Lipinski definition) is 15. The number of carbonyl (C=O) groups is 4. The lowest BCUT2D eigenvalue weighted by Crippen LogP contribution is -2.57. The third-order valence-corrected chi connectivity index (χ3v) is 8.43. The van der Waals surface area contributed by atoms with E-state index in [0.29, 0.717) is 19.3 Å². The average molecular weight is 693 g/mol. The minimum absolute atomic E-state index is 0.00544. The van der Waals surface area contributed by atoms with Crippen molar-refractivity contribution in [1.82, 2.24) is 10.2 Å². The number of carbonyl (C=O) groups excluding carboxylic acids is 4. The molecule has 0 aromatic carbocycles. The molecule has 2 saturated heterocycles. The largest absolute Gasteiger partial charge is 0.388 e. The minimum Gasteiger partial charge on any atom is -0.388 e. The van der Waals surface area contributed by atoms with Crippen LogP contribution < -0.4 is 5.32 Å². The molecule has 2 heterocycles. The van der Waals surface area contributed by atoms with E-state index in [1.54, 1.807) is 0 Å². The van der Waals surface area contributed by atoms with E-state index >= 15 is 0 Å². The van der Waals surface area contributed by atoms with Crippen LogP contribution in [0.1, 0.15) is 78.6 Å². The third-order valence-electron chi connectivity index (χ3n) is 8.43. The Labute approximate surface area is 281 Å². The Bertz CT molecular complexity index is 946. The third kappa shape index (κ3) is 14.5. The molecule has 0 aromatic heterocycles. The van der Waals surface area contributed by atoms with Crippen molar-refractivity contribution in [3.63, 3.8) is 0 Å². The van der Waals surface area contributed by atoms with Gasteiger partial charge in [0.2, 0.25) is 5.91 Å². The number of nitrogens with zero attached hydrogens (tertiary/aromatic N) is 1. The number of aliphatic hydroxyl groups excluding tert-OH is 6. The van der Waals surface area contributed by atoms with Crippen LogP contribution in [0.2, 0.25) is 0 Å². The van der Waals surface area contributed by atoms with Gasteiger partial charge >= 0.3 is 0 Å². The van der Waals surface area contributed by atoms with E-state index in [4.69, 9.17) is 18.9 Å². The number of unbranched alkanes of at least 4 members (excludes halogenated alkanes) is 3. The standard InChI is InChI=1S/C32H56N2O14/c1-4-21(35)10-7-5-6-8-11-22(36)16-34(17-23(37)12-9-14-45-31-29(43)27(41)25(39)19(2)47-31)18-24(38)33-13-15-46-32-30(44)28(42)26(40)20(3)48-32/h19-20,25-32,39-44H,4-18H2,1-3H3,(H,33,38)/t19-,20-,25+,26+,27+,28+,29-,30-,31+,32+/m0/s1. The van der Waals surface area contributed by atoms with Crippen LogP contribution in [0.15, 0.2) is 0 Å². The van der Waals surface area contributed by atoms with Crippen LogP contribution in [0.5, 0.6) is 0 Å². The quantitative estimate of drug-likeness (QED) is 0.0593. The highest BCUT2D eigenvalue weighted by molar-refractivity contribution is 5.85. The first-order valence-corrected chi connectivity index (χ1v) is 16.9. The molecule has 7 N–H and O–H groups in total. The van der Waals surface area contributed by atoms with Gasteiger partial charge in [-0.1, -0.05) is 19.8 Å². The SMILES string of the molecule is CCC(=O)CCCCCCC(=O)CN(CC(=O)CCCO[C@@H]1O[C@@H](C)[C@@H](O)[C@@H](O)[C@@H]1O)CC(=O)NCCO[C@@H]1O[C@@H](C)[C@@H](O)[C@@H](O)[C@@H]1O. The zero-order valence-electron chi connectivity index (χ0n) is 28.3. The maximum Gasteiger partial charge on any atom is 0.234 e. The van der Waals surface area contributed by atoms with Crippen molar-refractivity contribution in [3.05, 3.63) is 0 Å². The molecule has 0 spiro atoms. The van der Waals surface area contributed by atoms with Crippen molar-refractivity contribution in [2.75, 3.05) is 39.4 Å². The fourth-order valence-corrected chi connectivity index (χ4v) is 5.39. The second-order valence-electron chi connectivity index (χ2n) is 12.6. The first kappa shape index (κ1) is 42.2.